The van der Waals surface area contributed by atoms with E-state index in [1.165, 1.54) is 0 Å². The van der Waals surface area contributed by atoms with Crippen LogP contribution in [0, 0.1) is 0 Å². The zero-order valence-corrected chi connectivity index (χ0v) is 9.44. The molecule has 0 bridgehead atoms. The Morgan fingerprint density at radius 1 is 1.31 bits per heavy atom. The first-order valence-electron chi connectivity index (χ1n) is 5.12. The van der Waals surface area contributed by atoms with Crippen LogP contribution in [0.4, 0.5) is 0 Å². The first kappa shape index (κ1) is 11.2. The molecule has 0 radical (unpaired) electrons. The highest BCUT2D eigenvalue weighted by atomic mass is 35.5. The van der Waals surface area contributed by atoms with E-state index in [1.807, 2.05) is 30.3 Å². The van der Waals surface area contributed by atoms with E-state index < -0.39 is 0 Å². The standard InChI is InChI=1S/C12H12ClNO2/c13-10-4-1-3-9(7-10)12-8-11(16-14-12)5-2-6-15/h1,3-4,7-8,15H,2,5-6H2. The molecule has 84 valence electrons. The topological polar surface area (TPSA) is 46.3 Å². The number of rotatable bonds is 4. The third-order valence-corrected chi connectivity index (χ3v) is 2.50. The summed E-state index contributed by atoms with van der Waals surface area (Å²) in [6.45, 7) is 0.160. The summed E-state index contributed by atoms with van der Waals surface area (Å²) in [5, 5.41) is 13.4. The van der Waals surface area contributed by atoms with E-state index in [0.29, 0.717) is 17.9 Å². The minimum absolute atomic E-state index is 0.160. The predicted octanol–water partition coefficient (Wildman–Crippen LogP) is 2.92. The molecule has 1 aromatic carbocycles. The molecule has 2 rings (SSSR count). The molecule has 3 nitrogen and oxygen atoms in total. The van der Waals surface area contributed by atoms with Crippen LogP contribution in [0.15, 0.2) is 34.9 Å². The summed E-state index contributed by atoms with van der Waals surface area (Å²) in [4.78, 5) is 0. The number of hydrogen-bond acceptors (Lipinski definition) is 3. The van der Waals surface area contributed by atoms with Gasteiger partial charge in [-0.1, -0.05) is 28.9 Å². The van der Waals surface area contributed by atoms with E-state index in [0.717, 1.165) is 17.0 Å². The van der Waals surface area contributed by atoms with Crippen molar-refractivity contribution in [3.8, 4) is 11.3 Å². The minimum Gasteiger partial charge on any atom is -0.396 e. The zero-order valence-electron chi connectivity index (χ0n) is 8.69. The van der Waals surface area contributed by atoms with Gasteiger partial charge in [0.25, 0.3) is 0 Å². The Labute approximate surface area is 98.6 Å². The van der Waals surface area contributed by atoms with Gasteiger partial charge < -0.3 is 9.63 Å². The van der Waals surface area contributed by atoms with Gasteiger partial charge >= 0.3 is 0 Å². The Balaban J connectivity index is 2.18. The normalized spacial score (nSPS) is 10.6. The summed E-state index contributed by atoms with van der Waals surface area (Å²) in [7, 11) is 0. The van der Waals surface area contributed by atoms with Crippen molar-refractivity contribution in [1.82, 2.24) is 5.16 Å². The summed E-state index contributed by atoms with van der Waals surface area (Å²) in [5.41, 5.74) is 1.71. The van der Waals surface area contributed by atoms with E-state index in [4.69, 9.17) is 21.2 Å². The molecule has 0 amide bonds. The maximum Gasteiger partial charge on any atom is 0.137 e. The first-order chi connectivity index (χ1) is 7.79. The minimum atomic E-state index is 0.160. The number of halogens is 1. The molecule has 2 aromatic rings. The average molecular weight is 238 g/mol. The van der Waals surface area contributed by atoms with Crippen LogP contribution in [0.1, 0.15) is 12.2 Å². The molecular formula is C12H12ClNO2. The quantitative estimate of drug-likeness (QED) is 0.889. The maximum absolute atomic E-state index is 8.71. The largest absolute Gasteiger partial charge is 0.396 e. The molecule has 4 heteroatoms. The number of aliphatic hydroxyl groups is 1. The smallest absolute Gasteiger partial charge is 0.137 e. The van der Waals surface area contributed by atoms with Crippen LogP contribution in [0.5, 0.6) is 0 Å². The Morgan fingerprint density at radius 3 is 2.94 bits per heavy atom. The fourth-order valence-electron chi connectivity index (χ4n) is 1.47. The molecule has 0 unspecified atom stereocenters. The van der Waals surface area contributed by atoms with Crippen molar-refractivity contribution < 1.29 is 9.63 Å². The summed E-state index contributed by atoms with van der Waals surface area (Å²) in [5.74, 6) is 0.782. The van der Waals surface area contributed by atoms with E-state index in [9.17, 15) is 0 Å². The third-order valence-electron chi connectivity index (χ3n) is 2.26. The molecule has 0 spiro atoms. The molecule has 0 fully saturated rings. The number of aliphatic hydroxyl groups excluding tert-OH is 1. The van der Waals surface area contributed by atoms with Crippen molar-refractivity contribution in [3.05, 3.63) is 41.1 Å². The summed E-state index contributed by atoms with van der Waals surface area (Å²) in [6.07, 6.45) is 1.38. The average Bonchev–Trinajstić information content (AvgIpc) is 2.75. The van der Waals surface area contributed by atoms with Gasteiger partial charge in [0.2, 0.25) is 0 Å². The van der Waals surface area contributed by atoms with Gasteiger partial charge in [0.1, 0.15) is 11.5 Å². The fraction of sp³-hybridized carbons (Fsp3) is 0.250. The maximum atomic E-state index is 8.71. The lowest BCUT2D eigenvalue weighted by Crippen LogP contribution is -1.86. The number of aryl methyl sites for hydroxylation is 1. The van der Waals surface area contributed by atoms with Crippen molar-refractivity contribution in [3.63, 3.8) is 0 Å². The molecule has 1 aromatic heterocycles. The van der Waals surface area contributed by atoms with E-state index >= 15 is 0 Å². The van der Waals surface area contributed by atoms with E-state index in [2.05, 4.69) is 5.16 Å². The highest BCUT2D eigenvalue weighted by Crippen LogP contribution is 2.22. The molecule has 0 saturated heterocycles. The Hall–Kier alpha value is -1.32. The summed E-state index contributed by atoms with van der Waals surface area (Å²) < 4.78 is 5.16. The summed E-state index contributed by atoms with van der Waals surface area (Å²) >= 11 is 5.89. The first-order valence-corrected chi connectivity index (χ1v) is 5.50. The van der Waals surface area contributed by atoms with Crippen molar-refractivity contribution >= 4 is 11.6 Å². The lowest BCUT2D eigenvalue weighted by atomic mass is 10.1. The van der Waals surface area contributed by atoms with Crippen LogP contribution in [-0.2, 0) is 6.42 Å². The van der Waals surface area contributed by atoms with Gasteiger partial charge in [-0.2, -0.15) is 0 Å². The lowest BCUT2D eigenvalue weighted by Gasteiger charge is -1.94. The fourth-order valence-corrected chi connectivity index (χ4v) is 1.66. The van der Waals surface area contributed by atoms with Crippen LogP contribution in [-0.4, -0.2) is 16.9 Å². The second-order valence-electron chi connectivity index (χ2n) is 3.52. The monoisotopic (exact) mass is 237 g/mol. The highest BCUT2D eigenvalue weighted by Gasteiger charge is 2.06. The van der Waals surface area contributed by atoms with Crippen LogP contribution in [0.3, 0.4) is 0 Å². The Bertz CT molecular complexity index is 468. The Morgan fingerprint density at radius 2 is 2.19 bits per heavy atom. The Kier molecular flexibility index (Phi) is 3.59. The van der Waals surface area contributed by atoms with Gasteiger partial charge in [-0.05, 0) is 18.6 Å². The van der Waals surface area contributed by atoms with E-state index in [-0.39, 0.29) is 6.61 Å². The van der Waals surface area contributed by atoms with Crippen LogP contribution in [0.2, 0.25) is 5.02 Å². The van der Waals surface area contributed by atoms with Gasteiger partial charge in [0.15, 0.2) is 0 Å². The molecule has 1 heterocycles. The molecule has 0 aliphatic rings. The molecule has 0 aliphatic carbocycles. The van der Waals surface area contributed by atoms with Crippen molar-refractivity contribution in [2.45, 2.75) is 12.8 Å². The van der Waals surface area contributed by atoms with Gasteiger partial charge in [0, 0.05) is 29.7 Å². The molecule has 16 heavy (non-hydrogen) atoms. The van der Waals surface area contributed by atoms with Crippen molar-refractivity contribution in [1.29, 1.82) is 0 Å². The van der Waals surface area contributed by atoms with Crippen molar-refractivity contribution in [2.75, 3.05) is 6.61 Å². The van der Waals surface area contributed by atoms with Gasteiger partial charge in [-0.25, -0.2) is 0 Å². The molecular weight excluding hydrogens is 226 g/mol. The molecule has 1 N–H and O–H groups in total. The number of aromatic nitrogens is 1. The van der Waals surface area contributed by atoms with Crippen LogP contribution >= 0.6 is 11.6 Å². The van der Waals surface area contributed by atoms with Crippen LogP contribution < -0.4 is 0 Å². The van der Waals surface area contributed by atoms with Gasteiger partial charge in [-0.3, -0.25) is 0 Å². The molecule has 0 saturated carbocycles. The second kappa shape index (κ2) is 5.14. The number of hydrogen-bond donors (Lipinski definition) is 1. The van der Waals surface area contributed by atoms with Gasteiger partial charge in [0.05, 0.1) is 0 Å². The lowest BCUT2D eigenvalue weighted by molar-refractivity contribution is 0.280. The second-order valence-corrected chi connectivity index (χ2v) is 3.95. The van der Waals surface area contributed by atoms with Crippen LogP contribution in [0.25, 0.3) is 11.3 Å². The third kappa shape index (κ3) is 2.62. The number of nitrogens with zero attached hydrogens (tertiary/aromatic N) is 1. The van der Waals surface area contributed by atoms with Crippen molar-refractivity contribution in [2.24, 2.45) is 0 Å². The molecule has 0 aliphatic heterocycles. The van der Waals surface area contributed by atoms with E-state index in [1.54, 1.807) is 0 Å². The zero-order chi connectivity index (χ0) is 11.4. The summed E-state index contributed by atoms with van der Waals surface area (Å²) in [6, 6.07) is 9.34. The SMILES string of the molecule is OCCCc1cc(-c2cccc(Cl)c2)no1. The number of benzene rings is 1. The molecule has 0 atom stereocenters. The highest BCUT2D eigenvalue weighted by molar-refractivity contribution is 6.30. The van der Waals surface area contributed by atoms with Gasteiger partial charge in [-0.15, -0.1) is 0 Å². The predicted molar refractivity (Wildman–Crippen MR) is 62.4 cm³/mol.